The number of aromatic nitrogens is 2. The lowest BCUT2D eigenvalue weighted by Crippen LogP contribution is -2.64. The Hall–Kier alpha value is -2.41. The molecule has 2 aromatic rings. The summed E-state index contributed by atoms with van der Waals surface area (Å²) in [6.07, 6.45) is 4.99. The summed E-state index contributed by atoms with van der Waals surface area (Å²) in [4.78, 5) is 40.7. The van der Waals surface area contributed by atoms with Gasteiger partial charge in [0.25, 0.3) is 5.82 Å². The first-order valence-electron chi connectivity index (χ1n) is 12.6. The molecule has 3 aliphatic heterocycles. The summed E-state index contributed by atoms with van der Waals surface area (Å²) in [5.41, 5.74) is -0.0205. The zero-order chi connectivity index (χ0) is 26.6. The zero-order valence-corrected chi connectivity index (χ0v) is 22.9. The van der Waals surface area contributed by atoms with Crippen molar-refractivity contribution in [2.45, 2.75) is 70.5 Å². The van der Waals surface area contributed by atoms with Crippen LogP contribution in [0.25, 0.3) is 4.83 Å². The Morgan fingerprint density at radius 2 is 2.19 bits per heavy atom. The van der Waals surface area contributed by atoms with Crippen LogP contribution in [-0.2, 0) is 32.1 Å². The molecule has 2 saturated heterocycles. The van der Waals surface area contributed by atoms with Gasteiger partial charge in [0.15, 0.2) is 6.54 Å². The molecule has 2 fully saturated rings. The highest BCUT2D eigenvalue weighted by Crippen LogP contribution is 2.51. The van der Waals surface area contributed by atoms with Crippen LogP contribution in [0.3, 0.4) is 0 Å². The van der Waals surface area contributed by atoms with Gasteiger partial charge in [0, 0.05) is 46.9 Å². The Kier molecular flexibility index (Phi) is 7.12. The largest absolute Gasteiger partial charge is 0.543 e. The van der Waals surface area contributed by atoms with Gasteiger partial charge in [-0.25, -0.2) is 9.36 Å². The van der Waals surface area contributed by atoms with E-state index in [4.69, 9.17) is 4.74 Å². The van der Waals surface area contributed by atoms with Crippen molar-refractivity contribution >= 4 is 45.8 Å². The van der Waals surface area contributed by atoms with Gasteiger partial charge in [-0.3, -0.25) is 4.79 Å². The molecule has 2 N–H and O–H groups in total. The van der Waals surface area contributed by atoms with Gasteiger partial charge < -0.3 is 30.0 Å². The number of rotatable bonds is 9. The molecule has 1 amide bonds. The normalized spacial score (nSPS) is 28.1. The van der Waals surface area contributed by atoms with Crippen LogP contribution < -0.4 is 15.0 Å². The Balaban J connectivity index is 1.24. The number of ether oxygens (including phenoxy) is 1. The van der Waals surface area contributed by atoms with Crippen molar-refractivity contribution in [3.63, 3.8) is 0 Å². The number of aliphatic hydroxyl groups excluding tert-OH is 1. The topological polar surface area (TPSA) is 127 Å². The van der Waals surface area contributed by atoms with Gasteiger partial charge in [0.1, 0.15) is 12.4 Å². The van der Waals surface area contributed by atoms with Crippen molar-refractivity contribution in [2.75, 3.05) is 13.2 Å². The maximum absolute atomic E-state index is 12.6. The van der Waals surface area contributed by atoms with Gasteiger partial charge >= 0.3 is 5.97 Å². The van der Waals surface area contributed by atoms with E-state index in [2.05, 4.69) is 15.9 Å². The minimum absolute atomic E-state index is 0.0205. The lowest BCUT2D eigenvalue weighted by Gasteiger charge is -2.47. The Morgan fingerprint density at radius 3 is 2.84 bits per heavy atom. The highest BCUT2D eigenvalue weighted by atomic mass is 32.2. The summed E-state index contributed by atoms with van der Waals surface area (Å²) in [5.74, 6) is -1.68. The Bertz CT molecular complexity index is 1280. The Morgan fingerprint density at radius 1 is 1.43 bits per heavy atom. The van der Waals surface area contributed by atoms with E-state index >= 15 is 0 Å². The van der Waals surface area contributed by atoms with Crippen LogP contribution in [0.4, 0.5) is 0 Å². The molecule has 5 heterocycles. The average Bonchev–Trinajstić information content (AvgIpc) is 3.54. The summed E-state index contributed by atoms with van der Waals surface area (Å²) in [7, 11) is 0. The predicted molar refractivity (Wildman–Crippen MR) is 135 cm³/mol. The number of nitrogens with one attached hydrogen (secondary N) is 1. The van der Waals surface area contributed by atoms with E-state index in [1.165, 1.54) is 21.5 Å². The number of thioether (sulfide) groups is 1. The van der Waals surface area contributed by atoms with E-state index in [0.29, 0.717) is 11.5 Å². The van der Waals surface area contributed by atoms with Gasteiger partial charge in [0.2, 0.25) is 10.7 Å². The molecule has 10 nitrogen and oxygen atoms in total. The van der Waals surface area contributed by atoms with Crippen molar-refractivity contribution in [3.8, 4) is 0 Å². The van der Waals surface area contributed by atoms with Gasteiger partial charge in [-0.1, -0.05) is 18.3 Å². The number of carboxylic acids is 1. The minimum atomic E-state index is -1.33. The number of aryl methyl sites for hydroxylation is 1. The van der Waals surface area contributed by atoms with Gasteiger partial charge in [-0.2, -0.15) is 4.40 Å². The molecule has 0 aromatic carbocycles. The number of imidazole rings is 1. The molecule has 0 spiro atoms. The molecule has 2 aromatic heterocycles. The number of hydrogen-bond donors (Lipinski definition) is 2. The molecule has 6 atom stereocenters. The first-order valence-corrected chi connectivity index (χ1v) is 14.3. The van der Waals surface area contributed by atoms with E-state index in [-0.39, 0.29) is 47.4 Å². The number of thiazole rings is 1. The second kappa shape index (κ2) is 10.0. The first-order chi connectivity index (χ1) is 17.6. The third-order valence-electron chi connectivity index (χ3n) is 7.61. The Labute approximate surface area is 223 Å². The number of carboxylic acid groups (broad SMARTS) is 1. The number of fused-ring (bicyclic) bond motifs is 2. The third-order valence-corrected chi connectivity index (χ3v) is 10.2. The monoisotopic (exact) mass is 548 g/mol. The summed E-state index contributed by atoms with van der Waals surface area (Å²) in [5, 5.41) is 25.8. The van der Waals surface area contributed by atoms with Crippen molar-refractivity contribution in [1.29, 1.82) is 0 Å². The summed E-state index contributed by atoms with van der Waals surface area (Å²) >= 11 is 3.22. The van der Waals surface area contributed by atoms with Crippen LogP contribution in [0.1, 0.15) is 37.9 Å². The molecule has 0 bridgehead atoms. The molecular weight excluding hydrogens is 516 g/mol. The lowest BCUT2D eigenvalue weighted by molar-refractivity contribution is -0.690. The average molecular weight is 549 g/mol. The fourth-order valence-electron chi connectivity index (χ4n) is 5.84. The number of aliphatic carboxylic acids is 1. The lowest BCUT2D eigenvalue weighted by atomic mass is 9.79. The zero-order valence-electron chi connectivity index (χ0n) is 21.3. The van der Waals surface area contributed by atoms with Gasteiger partial charge in [0.05, 0.1) is 36.3 Å². The molecule has 5 rings (SSSR count). The highest BCUT2D eigenvalue weighted by Gasteiger charge is 2.59. The van der Waals surface area contributed by atoms with Crippen LogP contribution in [0.5, 0.6) is 0 Å². The number of β-lactam (4-membered cyclic amide) rings is 1. The molecule has 0 radical (unpaired) electrons. The maximum atomic E-state index is 12.6. The fraction of sp³-hybridized carbons (Fsp3) is 0.600. The van der Waals surface area contributed by atoms with Crippen LogP contribution >= 0.6 is 23.1 Å². The fourth-order valence-corrected chi connectivity index (χ4v) is 8.53. The van der Waals surface area contributed by atoms with Crippen molar-refractivity contribution < 1.29 is 33.9 Å². The van der Waals surface area contributed by atoms with E-state index in [0.717, 1.165) is 30.0 Å². The van der Waals surface area contributed by atoms with E-state index in [1.807, 2.05) is 24.6 Å². The van der Waals surface area contributed by atoms with Crippen LogP contribution in [0.15, 0.2) is 23.0 Å². The van der Waals surface area contributed by atoms with Crippen LogP contribution in [-0.4, -0.2) is 68.8 Å². The molecular formula is C25H32N4O6S2. The summed E-state index contributed by atoms with van der Waals surface area (Å²) < 4.78 is 9.05. The summed E-state index contributed by atoms with van der Waals surface area (Å²) in [6.45, 7) is 8.58. The molecule has 12 heteroatoms. The SMILES string of the molecule is CCOC(=O)C[n+]1cc2sc(C[C@@H]3C[C@H](SC4=C(C(=O)[O-])N5C(=O)[C@H]([C@@H](C)O)[C@H]5[C@H]4C)CN3)cn2c1C. The number of esters is 1. The standard InChI is InChI=1S/C25H32N4O6S2/c1-5-35-19(31)11-27-10-18-28(14(27)4)9-17(36-18)7-15-6-16(8-26-15)37-23-12(2)21-20(13(3)30)24(32)29(21)22(23)25(33)34/h9-10,12-13,15-16,20-21,26,30H,5-8,11H2,1-4H3/t12-,13-,15+,16+,20-,21-/m1/s1. The number of nitrogens with zero attached hydrogens (tertiary/aromatic N) is 3. The number of aliphatic hydroxyl groups is 1. The highest BCUT2D eigenvalue weighted by molar-refractivity contribution is 8.03. The smallest absolute Gasteiger partial charge is 0.348 e. The van der Waals surface area contributed by atoms with Crippen molar-refractivity contribution in [1.82, 2.24) is 14.6 Å². The number of hydrogen-bond acceptors (Lipinski definition) is 9. The third kappa shape index (κ3) is 4.58. The van der Waals surface area contributed by atoms with Gasteiger partial charge in [-0.15, -0.1) is 11.8 Å². The van der Waals surface area contributed by atoms with Crippen molar-refractivity contribution in [2.24, 2.45) is 11.8 Å². The second-order valence-electron chi connectivity index (χ2n) is 10.1. The first kappa shape index (κ1) is 26.2. The van der Waals surface area contributed by atoms with Crippen molar-refractivity contribution in [3.05, 3.63) is 33.7 Å². The van der Waals surface area contributed by atoms with Crippen LogP contribution in [0, 0.1) is 18.8 Å². The van der Waals surface area contributed by atoms with Gasteiger partial charge in [-0.05, 0) is 20.3 Å². The molecule has 200 valence electrons. The quantitative estimate of drug-likeness (QED) is 0.254. The number of carbonyl (C=O) groups is 3. The maximum Gasteiger partial charge on any atom is 0.348 e. The minimum Gasteiger partial charge on any atom is -0.543 e. The van der Waals surface area contributed by atoms with Crippen LogP contribution in [0.2, 0.25) is 0 Å². The number of carbonyl (C=O) groups excluding carboxylic acids is 3. The molecule has 0 unspecified atom stereocenters. The molecule has 37 heavy (non-hydrogen) atoms. The molecule has 0 saturated carbocycles. The molecule has 3 aliphatic rings. The number of amides is 1. The predicted octanol–water partition coefficient (Wildman–Crippen LogP) is -0.0150. The summed E-state index contributed by atoms with van der Waals surface area (Å²) in [6, 6.07) is -0.0712. The van der Waals surface area contributed by atoms with E-state index < -0.39 is 18.0 Å². The molecule has 0 aliphatic carbocycles. The van der Waals surface area contributed by atoms with E-state index in [9.17, 15) is 24.6 Å². The van der Waals surface area contributed by atoms with E-state index in [1.54, 1.807) is 25.2 Å². The second-order valence-corrected chi connectivity index (χ2v) is 12.5.